The molecular formula is C26H28F3N7O3. The summed E-state index contributed by atoms with van der Waals surface area (Å²) in [6, 6.07) is 11.0. The van der Waals surface area contributed by atoms with E-state index < -0.39 is 6.36 Å². The van der Waals surface area contributed by atoms with Gasteiger partial charge >= 0.3 is 6.36 Å². The van der Waals surface area contributed by atoms with Crippen molar-refractivity contribution in [1.82, 2.24) is 29.8 Å². The fourth-order valence-electron chi connectivity index (χ4n) is 4.16. The smallest absolute Gasteiger partial charge is 0.406 e. The second-order valence-electron chi connectivity index (χ2n) is 9.11. The number of aryl methyl sites for hydroxylation is 1. The van der Waals surface area contributed by atoms with Gasteiger partial charge < -0.3 is 19.3 Å². The van der Waals surface area contributed by atoms with Gasteiger partial charge in [-0.15, -0.1) is 13.2 Å². The lowest BCUT2D eigenvalue weighted by Crippen LogP contribution is -2.37. The number of rotatable bonds is 10. The van der Waals surface area contributed by atoms with Gasteiger partial charge in [0.15, 0.2) is 5.69 Å². The number of nitrogens with one attached hydrogen (secondary N) is 1. The van der Waals surface area contributed by atoms with E-state index in [4.69, 9.17) is 9.26 Å². The van der Waals surface area contributed by atoms with Crippen LogP contribution in [0.15, 0.2) is 53.2 Å². The summed E-state index contributed by atoms with van der Waals surface area (Å²) in [5, 5.41) is 11.9. The number of nitrogens with zero attached hydrogens (tertiary/aromatic N) is 6. The zero-order valence-corrected chi connectivity index (χ0v) is 21.3. The van der Waals surface area contributed by atoms with Gasteiger partial charge in [-0.1, -0.05) is 11.2 Å². The van der Waals surface area contributed by atoms with Crippen LogP contribution in [0.3, 0.4) is 0 Å². The van der Waals surface area contributed by atoms with Gasteiger partial charge in [0, 0.05) is 37.1 Å². The topological polar surface area (TPSA) is 103 Å². The van der Waals surface area contributed by atoms with Gasteiger partial charge in [-0.3, -0.25) is 9.58 Å². The summed E-state index contributed by atoms with van der Waals surface area (Å²) < 4.78 is 53.6. The molecule has 1 fully saturated rings. The maximum atomic E-state index is 12.4. The second-order valence-corrected chi connectivity index (χ2v) is 9.11. The molecule has 0 atom stereocenters. The third-order valence-corrected chi connectivity index (χ3v) is 6.19. The summed E-state index contributed by atoms with van der Waals surface area (Å²) in [5.74, 6) is 0.937. The van der Waals surface area contributed by atoms with Crippen molar-refractivity contribution in [2.75, 3.05) is 44.7 Å². The van der Waals surface area contributed by atoms with Crippen molar-refractivity contribution in [3.8, 4) is 28.7 Å². The molecule has 0 amide bonds. The zero-order valence-electron chi connectivity index (χ0n) is 21.3. The molecule has 4 aromatic rings. The zero-order chi connectivity index (χ0) is 27.2. The minimum absolute atomic E-state index is 0.206. The SMILES string of the molecule is Cc1cc(-c2nc(-c3ccc(OC(F)(F)F)cc3)no2)nn1Cc1ccc(NCCCN2CCOCC2)nc1. The van der Waals surface area contributed by atoms with Crippen LogP contribution in [0, 0.1) is 6.92 Å². The highest BCUT2D eigenvalue weighted by Gasteiger charge is 2.31. The number of halogens is 3. The molecule has 1 saturated heterocycles. The maximum Gasteiger partial charge on any atom is 0.573 e. The minimum Gasteiger partial charge on any atom is -0.406 e. The Morgan fingerprint density at radius 3 is 2.59 bits per heavy atom. The van der Waals surface area contributed by atoms with Gasteiger partial charge in [0.25, 0.3) is 5.89 Å². The van der Waals surface area contributed by atoms with E-state index in [0.29, 0.717) is 17.8 Å². The number of anilines is 1. The van der Waals surface area contributed by atoms with Crippen molar-refractivity contribution < 1.29 is 27.2 Å². The van der Waals surface area contributed by atoms with Crippen molar-refractivity contribution in [2.24, 2.45) is 0 Å². The highest BCUT2D eigenvalue weighted by atomic mass is 19.4. The number of morpholine rings is 1. The molecule has 0 unspecified atom stereocenters. The van der Waals surface area contributed by atoms with Crippen molar-refractivity contribution in [3.05, 3.63) is 59.9 Å². The van der Waals surface area contributed by atoms with E-state index in [-0.39, 0.29) is 17.5 Å². The Bertz CT molecular complexity index is 1350. The molecule has 1 aliphatic heterocycles. The van der Waals surface area contributed by atoms with Crippen LogP contribution < -0.4 is 10.1 Å². The number of ether oxygens (including phenoxy) is 2. The summed E-state index contributed by atoms with van der Waals surface area (Å²) in [6.07, 6.45) is -1.90. The molecule has 39 heavy (non-hydrogen) atoms. The van der Waals surface area contributed by atoms with Gasteiger partial charge in [-0.25, -0.2) is 4.98 Å². The summed E-state index contributed by atoms with van der Waals surface area (Å²) in [7, 11) is 0. The molecule has 3 aromatic heterocycles. The van der Waals surface area contributed by atoms with Crippen molar-refractivity contribution in [2.45, 2.75) is 26.3 Å². The van der Waals surface area contributed by atoms with Crippen LogP contribution in [0.4, 0.5) is 19.0 Å². The third kappa shape index (κ3) is 7.33. The van der Waals surface area contributed by atoms with E-state index >= 15 is 0 Å². The average Bonchev–Trinajstić information content (AvgIpc) is 3.55. The maximum absolute atomic E-state index is 12.4. The molecule has 0 radical (unpaired) electrons. The lowest BCUT2D eigenvalue weighted by Gasteiger charge is -2.26. The average molecular weight is 544 g/mol. The molecule has 206 valence electrons. The fraction of sp³-hybridized carbons (Fsp3) is 0.385. The predicted molar refractivity (Wildman–Crippen MR) is 136 cm³/mol. The second kappa shape index (κ2) is 11.8. The van der Waals surface area contributed by atoms with Crippen LogP contribution in [0.2, 0.25) is 0 Å². The van der Waals surface area contributed by atoms with E-state index in [1.165, 1.54) is 24.3 Å². The number of pyridine rings is 1. The first-order valence-electron chi connectivity index (χ1n) is 12.6. The first-order valence-corrected chi connectivity index (χ1v) is 12.6. The standard InChI is InChI=1S/C26H28F3N7O3/c1-18-15-22(25-32-24(34-39-25)20-4-6-21(7-5-20)38-26(27,28)29)33-36(18)17-19-3-8-23(31-16-19)30-9-2-10-35-11-13-37-14-12-35/h3-8,15-16H,2,9-14,17H2,1H3,(H,30,31). The number of aromatic nitrogens is 5. The molecular weight excluding hydrogens is 515 g/mol. The van der Waals surface area contributed by atoms with E-state index in [0.717, 1.165) is 62.9 Å². The Kier molecular flexibility index (Phi) is 8.07. The van der Waals surface area contributed by atoms with Crippen molar-refractivity contribution >= 4 is 5.82 Å². The molecule has 13 heteroatoms. The van der Waals surface area contributed by atoms with Crippen molar-refractivity contribution in [3.63, 3.8) is 0 Å². The van der Waals surface area contributed by atoms with Gasteiger partial charge in [0.2, 0.25) is 5.82 Å². The summed E-state index contributed by atoms with van der Waals surface area (Å²) >= 11 is 0. The third-order valence-electron chi connectivity index (χ3n) is 6.19. The highest BCUT2D eigenvalue weighted by molar-refractivity contribution is 5.59. The quantitative estimate of drug-likeness (QED) is 0.292. The first-order chi connectivity index (χ1) is 18.8. The molecule has 0 spiro atoms. The van der Waals surface area contributed by atoms with Crippen LogP contribution in [0.25, 0.3) is 23.0 Å². The molecule has 4 heterocycles. The Morgan fingerprint density at radius 1 is 1.08 bits per heavy atom. The van der Waals surface area contributed by atoms with Gasteiger partial charge in [-0.05, 0) is 61.9 Å². The molecule has 10 nitrogen and oxygen atoms in total. The highest BCUT2D eigenvalue weighted by Crippen LogP contribution is 2.27. The summed E-state index contributed by atoms with van der Waals surface area (Å²) in [5.41, 5.74) is 2.86. The summed E-state index contributed by atoms with van der Waals surface area (Å²) in [6.45, 7) is 7.93. The Morgan fingerprint density at radius 2 is 1.87 bits per heavy atom. The molecule has 0 bridgehead atoms. The number of hydrogen-bond acceptors (Lipinski definition) is 9. The van der Waals surface area contributed by atoms with Crippen LogP contribution >= 0.6 is 0 Å². The molecule has 1 aliphatic rings. The van der Waals surface area contributed by atoms with Gasteiger partial charge in [0.05, 0.1) is 19.8 Å². The lowest BCUT2D eigenvalue weighted by molar-refractivity contribution is -0.274. The van der Waals surface area contributed by atoms with E-state index in [2.05, 4.69) is 35.2 Å². The molecule has 0 saturated carbocycles. The van der Waals surface area contributed by atoms with Crippen molar-refractivity contribution in [1.29, 1.82) is 0 Å². The van der Waals surface area contributed by atoms with Crippen LogP contribution in [-0.2, 0) is 11.3 Å². The first kappa shape index (κ1) is 26.6. The molecule has 1 N–H and O–H groups in total. The largest absolute Gasteiger partial charge is 0.573 e. The number of benzene rings is 1. The van der Waals surface area contributed by atoms with Gasteiger partial charge in [-0.2, -0.15) is 10.1 Å². The van der Waals surface area contributed by atoms with Crippen LogP contribution in [0.5, 0.6) is 5.75 Å². The number of alkyl halides is 3. The van der Waals surface area contributed by atoms with Gasteiger partial charge in [0.1, 0.15) is 11.6 Å². The normalized spacial score (nSPS) is 14.5. The minimum atomic E-state index is -4.75. The molecule has 1 aromatic carbocycles. The predicted octanol–water partition coefficient (Wildman–Crippen LogP) is 4.38. The summed E-state index contributed by atoms with van der Waals surface area (Å²) in [4.78, 5) is 11.3. The lowest BCUT2D eigenvalue weighted by atomic mass is 10.2. The Balaban J connectivity index is 1.15. The van der Waals surface area contributed by atoms with E-state index in [9.17, 15) is 13.2 Å². The number of hydrogen-bond donors (Lipinski definition) is 1. The van der Waals surface area contributed by atoms with E-state index in [1.54, 1.807) is 0 Å². The van der Waals surface area contributed by atoms with Crippen LogP contribution in [-0.4, -0.2) is 75.6 Å². The monoisotopic (exact) mass is 543 g/mol. The Hall–Kier alpha value is -3.97. The Labute approximate surface area is 222 Å². The molecule has 5 rings (SSSR count). The molecule has 0 aliphatic carbocycles. The fourth-order valence-corrected chi connectivity index (χ4v) is 4.16. The van der Waals surface area contributed by atoms with Crippen LogP contribution in [0.1, 0.15) is 17.7 Å². The van der Waals surface area contributed by atoms with E-state index in [1.807, 2.05) is 36.0 Å².